The van der Waals surface area contributed by atoms with Crippen molar-refractivity contribution in [3.8, 4) is 0 Å². The molecule has 3 aliphatic rings. The first-order valence-corrected chi connectivity index (χ1v) is 11.4. The van der Waals surface area contributed by atoms with Crippen LogP contribution in [0.5, 0.6) is 0 Å². The van der Waals surface area contributed by atoms with Crippen LogP contribution in [0.25, 0.3) is 0 Å². The molecule has 2 aromatic rings. The van der Waals surface area contributed by atoms with Crippen molar-refractivity contribution in [1.29, 1.82) is 0 Å². The van der Waals surface area contributed by atoms with E-state index in [-0.39, 0.29) is 24.4 Å². The molecule has 3 heterocycles. The highest BCUT2D eigenvalue weighted by atomic mass is 16.7. The molecule has 5 rings (SSSR count). The summed E-state index contributed by atoms with van der Waals surface area (Å²) in [7, 11) is 0. The number of β-amino-alcohol motifs (C(OH)–C–C–N with tert-alkyl or cyclic N) is 1. The molecule has 1 aliphatic carbocycles. The normalized spacial score (nSPS) is 27.8. The molecule has 0 saturated carbocycles. The molecule has 0 bridgehead atoms. The number of fused-ring (bicyclic) bond motifs is 2. The van der Waals surface area contributed by atoms with Gasteiger partial charge in [-0.25, -0.2) is 0 Å². The molecule has 0 radical (unpaired) electrons. The van der Waals surface area contributed by atoms with Crippen molar-refractivity contribution in [3.05, 3.63) is 52.9 Å². The zero-order valence-electron chi connectivity index (χ0n) is 18.7. The molecule has 170 valence electrons. The van der Waals surface area contributed by atoms with Gasteiger partial charge in [0.05, 0.1) is 17.8 Å². The number of rotatable bonds is 4. The second kappa shape index (κ2) is 7.92. The van der Waals surface area contributed by atoms with Crippen LogP contribution in [0.15, 0.2) is 40.0 Å². The topological polar surface area (TPSA) is 100 Å². The van der Waals surface area contributed by atoms with Crippen molar-refractivity contribution in [2.24, 2.45) is 11.1 Å². The predicted molar refractivity (Wildman–Crippen MR) is 118 cm³/mol. The summed E-state index contributed by atoms with van der Waals surface area (Å²) in [6, 6.07) is 9.69. The fourth-order valence-electron chi connectivity index (χ4n) is 5.30. The molecule has 1 spiro atoms. The number of oxime groups is 1. The molecule has 8 heteroatoms. The number of nitrogens with zero attached hydrogens (tertiary/aromatic N) is 3. The van der Waals surface area contributed by atoms with Gasteiger partial charge < -0.3 is 24.7 Å². The van der Waals surface area contributed by atoms with Crippen molar-refractivity contribution >= 4 is 11.7 Å². The van der Waals surface area contributed by atoms with Crippen LogP contribution in [-0.4, -0.2) is 45.6 Å². The van der Waals surface area contributed by atoms with E-state index in [1.807, 2.05) is 39.0 Å². The molecule has 2 N–H and O–H groups in total. The van der Waals surface area contributed by atoms with E-state index in [1.165, 1.54) is 5.56 Å². The summed E-state index contributed by atoms with van der Waals surface area (Å²) in [6.45, 7) is 6.08. The van der Waals surface area contributed by atoms with Gasteiger partial charge in [0.25, 0.3) is 0 Å². The average Bonchev–Trinajstić information content (AvgIpc) is 3.48. The van der Waals surface area contributed by atoms with Crippen LogP contribution in [-0.2, 0) is 21.8 Å². The maximum absolute atomic E-state index is 13.7. The third kappa shape index (κ3) is 3.46. The van der Waals surface area contributed by atoms with E-state index >= 15 is 0 Å². The zero-order valence-corrected chi connectivity index (χ0v) is 18.7. The molecular weight excluding hydrogens is 408 g/mol. The molecule has 1 aromatic carbocycles. The Bertz CT molecular complexity index is 1050. The average molecular weight is 439 g/mol. The number of carbonyl (C=O) groups is 1. The van der Waals surface area contributed by atoms with Gasteiger partial charge in [-0.3, -0.25) is 4.79 Å². The summed E-state index contributed by atoms with van der Waals surface area (Å²) >= 11 is 0. The number of hydrogen-bond donors (Lipinski definition) is 2. The van der Waals surface area contributed by atoms with E-state index in [4.69, 9.17) is 9.36 Å². The summed E-state index contributed by atoms with van der Waals surface area (Å²) in [5.74, 6) is 0.601. The summed E-state index contributed by atoms with van der Waals surface area (Å²) in [5, 5.41) is 22.4. The highest BCUT2D eigenvalue weighted by Crippen LogP contribution is 2.40. The van der Waals surface area contributed by atoms with Crippen molar-refractivity contribution in [1.82, 2.24) is 15.4 Å². The van der Waals surface area contributed by atoms with E-state index < -0.39 is 17.7 Å². The molecule has 8 nitrogen and oxygen atoms in total. The van der Waals surface area contributed by atoms with Gasteiger partial charge in [0.1, 0.15) is 11.7 Å². The number of carbonyl (C=O) groups excluding carboxylic acids is 1. The van der Waals surface area contributed by atoms with E-state index in [0.717, 1.165) is 30.5 Å². The molecule has 2 aliphatic heterocycles. The lowest BCUT2D eigenvalue weighted by molar-refractivity contribution is -0.134. The summed E-state index contributed by atoms with van der Waals surface area (Å²) in [4.78, 5) is 21.4. The highest BCUT2D eigenvalue weighted by molar-refractivity contribution is 5.94. The Labute approximate surface area is 187 Å². The van der Waals surface area contributed by atoms with Gasteiger partial charge in [-0.1, -0.05) is 48.4 Å². The number of likely N-dealkylation sites (tertiary alicyclic amines) is 1. The third-order valence-electron chi connectivity index (χ3n) is 6.82. The maximum Gasteiger partial charge on any atom is 0.234 e. The van der Waals surface area contributed by atoms with Gasteiger partial charge in [0.15, 0.2) is 5.84 Å². The monoisotopic (exact) mass is 438 g/mol. The molecule has 1 fully saturated rings. The van der Waals surface area contributed by atoms with Crippen LogP contribution in [0.2, 0.25) is 0 Å². The lowest BCUT2D eigenvalue weighted by Crippen LogP contribution is -2.52. The maximum atomic E-state index is 13.7. The highest BCUT2D eigenvalue weighted by Gasteiger charge is 2.49. The van der Waals surface area contributed by atoms with Gasteiger partial charge in [-0.15, -0.1) is 0 Å². The molecule has 1 unspecified atom stereocenters. The quantitative estimate of drug-likeness (QED) is 0.761. The Balaban J connectivity index is 1.41. The van der Waals surface area contributed by atoms with E-state index in [2.05, 4.69) is 27.8 Å². The molecule has 32 heavy (non-hydrogen) atoms. The second-order valence-electron chi connectivity index (χ2n) is 9.52. The van der Waals surface area contributed by atoms with Crippen LogP contribution in [0.3, 0.4) is 0 Å². The van der Waals surface area contributed by atoms with E-state index in [9.17, 15) is 9.90 Å². The minimum Gasteiger partial charge on any atom is -0.391 e. The van der Waals surface area contributed by atoms with Crippen molar-refractivity contribution in [2.75, 3.05) is 6.54 Å². The number of benzene rings is 1. The third-order valence-corrected chi connectivity index (χ3v) is 6.82. The smallest absolute Gasteiger partial charge is 0.234 e. The fourth-order valence-corrected chi connectivity index (χ4v) is 5.30. The predicted octanol–water partition coefficient (Wildman–Crippen LogP) is 2.81. The van der Waals surface area contributed by atoms with Gasteiger partial charge in [0, 0.05) is 31.0 Å². The number of nitrogens with one attached hydrogen (secondary N) is 1. The lowest BCUT2D eigenvalue weighted by atomic mass is 9.84. The van der Waals surface area contributed by atoms with Crippen molar-refractivity contribution in [3.63, 3.8) is 0 Å². The molecule has 1 amide bonds. The first-order chi connectivity index (χ1) is 15.4. The molecule has 4 atom stereocenters. The van der Waals surface area contributed by atoms with E-state index in [0.29, 0.717) is 18.0 Å². The second-order valence-corrected chi connectivity index (χ2v) is 9.52. The Kier molecular flexibility index (Phi) is 5.20. The Morgan fingerprint density at radius 2 is 2.16 bits per heavy atom. The fraction of sp³-hybridized carbons (Fsp3) is 0.542. The Morgan fingerprint density at radius 3 is 2.91 bits per heavy atom. The number of aliphatic hydroxyl groups excluding tert-OH is 1. The summed E-state index contributed by atoms with van der Waals surface area (Å²) < 4.78 is 5.45. The number of aliphatic hydroxyl groups is 1. The summed E-state index contributed by atoms with van der Waals surface area (Å²) in [6.07, 6.45) is 2.60. The molecule has 1 aromatic heterocycles. The molecule has 1 saturated heterocycles. The van der Waals surface area contributed by atoms with Gasteiger partial charge in [-0.05, 0) is 31.2 Å². The van der Waals surface area contributed by atoms with Crippen LogP contribution >= 0.6 is 0 Å². The first kappa shape index (κ1) is 21.0. The first-order valence-electron chi connectivity index (χ1n) is 11.4. The number of amidine groups is 1. The lowest BCUT2D eigenvalue weighted by Gasteiger charge is -2.35. The van der Waals surface area contributed by atoms with Crippen LogP contribution in [0.4, 0.5) is 0 Å². The standard InChI is InChI=1S/C24H30N4O4/c1-14(2)21(20-11-15(3)26-31-20)23(30)28-13-17(29)12-19(28)22-25-24(32-27-22)10-6-8-16-7-4-5-9-18(16)24/h4-5,7,9,11,14,17,19,21,29H,6,8,10,12-13H2,1-3H3,(H,25,27)/t17-,19+,21?,24+/m1/s1. The van der Waals surface area contributed by atoms with E-state index in [1.54, 1.807) is 4.90 Å². The largest absolute Gasteiger partial charge is 0.391 e. The molecular formula is C24H30N4O4. The Hall–Kier alpha value is -2.87. The number of aromatic nitrogens is 1. The number of amides is 1. The van der Waals surface area contributed by atoms with Crippen LogP contribution < -0.4 is 5.32 Å². The zero-order chi connectivity index (χ0) is 22.5. The van der Waals surface area contributed by atoms with Crippen molar-refractivity contribution in [2.45, 2.75) is 70.2 Å². The van der Waals surface area contributed by atoms with Gasteiger partial charge >= 0.3 is 0 Å². The number of hydrogen-bond acceptors (Lipinski definition) is 7. The minimum atomic E-state index is -0.702. The van der Waals surface area contributed by atoms with Gasteiger partial charge in [0.2, 0.25) is 11.6 Å². The van der Waals surface area contributed by atoms with Gasteiger partial charge in [-0.2, -0.15) is 0 Å². The van der Waals surface area contributed by atoms with Crippen LogP contribution in [0, 0.1) is 12.8 Å². The summed E-state index contributed by atoms with van der Waals surface area (Å²) in [5.41, 5.74) is 2.39. The number of aryl methyl sites for hydroxylation is 2. The SMILES string of the molecule is Cc1cc(C(C(=O)N2C[C@H](O)C[C@H]2C2=NO[C@]3(CCCc4ccccc43)N2)C(C)C)on1. The van der Waals surface area contributed by atoms with Crippen molar-refractivity contribution < 1.29 is 19.3 Å². The van der Waals surface area contributed by atoms with Crippen LogP contribution in [0.1, 0.15) is 61.6 Å². The Morgan fingerprint density at radius 1 is 1.34 bits per heavy atom. The minimum absolute atomic E-state index is 0.0135.